The van der Waals surface area contributed by atoms with Crippen molar-refractivity contribution in [3.63, 3.8) is 0 Å². The van der Waals surface area contributed by atoms with Gasteiger partial charge in [-0.1, -0.05) is 17.7 Å². The predicted molar refractivity (Wildman–Crippen MR) is 51.5 cm³/mol. The molecule has 1 aromatic carbocycles. The van der Waals surface area contributed by atoms with Crippen molar-refractivity contribution >= 4 is 12.6 Å². The summed E-state index contributed by atoms with van der Waals surface area (Å²) in [5, 5.41) is 9.46. The molecule has 3 N–H and O–H groups in total. The lowest BCUT2D eigenvalue weighted by Gasteiger charge is -2.06. The predicted octanol–water partition coefficient (Wildman–Crippen LogP) is -0.329. The summed E-state index contributed by atoms with van der Waals surface area (Å²) in [6, 6.07) is 3.99. The van der Waals surface area contributed by atoms with Gasteiger partial charge < -0.3 is 15.4 Å². The highest BCUT2D eigenvalue weighted by molar-refractivity contribution is 6.61. The lowest BCUT2D eigenvalue weighted by Crippen LogP contribution is -2.29. The van der Waals surface area contributed by atoms with Gasteiger partial charge in [-0.25, -0.2) is 0 Å². The average Bonchev–Trinajstić information content (AvgIpc) is 2.47. The van der Waals surface area contributed by atoms with Crippen LogP contribution in [0.2, 0.25) is 0 Å². The summed E-state index contributed by atoms with van der Waals surface area (Å²) in [7, 11) is -0.764. The lowest BCUT2D eigenvalue weighted by molar-refractivity contribution is 0.275. The molecule has 2 rings (SSSR count). The van der Waals surface area contributed by atoms with Crippen LogP contribution in [0.4, 0.5) is 0 Å². The summed E-state index contributed by atoms with van der Waals surface area (Å²) in [6.07, 6.45) is 0. The van der Waals surface area contributed by atoms with E-state index in [1.54, 1.807) is 0 Å². The molecule has 1 aliphatic rings. The van der Waals surface area contributed by atoms with Gasteiger partial charge in [-0.3, -0.25) is 0 Å². The quantitative estimate of drug-likeness (QED) is 0.577. The van der Waals surface area contributed by atoms with Crippen LogP contribution in [0.25, 0.3) is 0 Å². The first-order chi connectivity index (χ1) is 6.22. The van der Waals surface area contributed by atoms with Gasteiger partial charge in [0.2, 0.25) is 0 Å². The topological polar surface area (TPSA) is 55.5 Å². The Morgan fingerprint density at radius 3 is 3.08 bits per heavy atom. The second kappa shape index (κ2) is 3.14. The summed E-state index contributed by atoms with van der Waals surface area (Å²) < 4.78 is 5.12. The molecule has 1 aliphatic heterocycles. The van der Waals surface area contributed by atoms with Crippen LogP contribution in [0.15, 0.2) is 12.1 Å². The van der Waals surface area contributed by atoms with E-state index in [9.17, 15) is 5.02 Å². The molecule has 1 aromatic rings. The maximum Gasteiger partial charge on any atom is 0.491 e. The highest BCUT2D eigenvalue weighted by Gasteiger charge is 2.28. The first-order valence-corrected chi connectivity index (χ1v) is 4.34. The minimum absolute atomic E-state index is 0.476. The van der Waals surface area contributed by atoms with Gasteiger partial charge in [-0.15, -0.1) is 0 Å². The number of hydrogen-bond donors (Lipinski definition) is 2. The lowest BCUT2D eigenvalue weighted by atomic mass is 9.77. The number of nitrogens with two attached hydrogens (primary N) is 1. The van der Waals surface area contributed by atoms with E-state index in [4.69, 9.17) is 10.4 Å². The Kier molecular flexibility index (Phi) is 2.11. The summed E-state index contributed by atoms with van der Waals surface area (Å²) >= 11 is 0. The molecule has 4 heteroatoms. The van der Waals surface area contributed by atoms with Gasteiger partial charge in [-0.05, 0) is 23.5 Å². The van der Waals surface area contributed by atoms with Gasteiger partial charge in [0.25, 0.3) is 0 Å². The Labute approximate surface area is 77.7 Å². The first kappa shape index (κ1) is 8.75. The van der Waals surface area contributed by atoms with E-state index in [1.165, 1.54) is 0 Å². The van der Waals surface area contributed by atoms with Crippen molar-refractivity contribution in [3.8, 4) is 0 Å². The average molecular weight is 177 g/mol. The second-order valence-electron chi connectivity index (χ2n) is 3.36. The molecule has 68 valence electrons. The van der Waals surface area contributed by atoms with E-state index in [0.29, 0.717) is 13.2 Å². The molecular weight excluding hydrogens is 165 g/mol. The molecular formula is C9H12BNO2. The zero-order chi connectivity index (χ0) is 9.42. The molecule has 0 aliphatic carbocycles. The van der Waals surface area contributed by atoms with Crippen molar-refractivity contribution in [3.05, 3.63) is 28.8 Å². The normalized spacial score (nSPS) is 14.8. The van der Waals surface area contributed by atoms with Crippen LogP contribution in [0.5, 0.6) is 0 Å². The molecule has 0 unspecified atom stereocenters. The summed E-state index contributed by atoms with van der Waals surface area (Å²) in [5.74, 6) is 0. The van der Waals surface area contributed by atoms with Crippen LogP contribution in [-0.4, -0.2) is 12.1 Å². The fourth-order valence-corrected chi connectivity index (χ4v) is 1.75. The monoisotopic (exact) mass is 177 g/mol. The Bertz CT molecular complexity index is 341. The molecule has 0 amide bonds. The zero-order valence-electron chi connectivity index (χ0n) is 7.58. The third-order valence-corrected chi connectivity index (χ3v) is 2.39. The van der Waals surface area contributed by atoms with Gasteiger partial charge in [0.15, 0.2) is 0 Å². The van der Waals surface area contributed by atoms with Crippen LogP contribution in [-0.2, 0) is 17.8 Å². The SMILES string of the molecule is Cc1cc(CN)c2c(c1)B(O)OC2. The van der Waals surface area contributed by atoms with Crippen molar-refractivity contribution in [1.82, 2.24) is 0 Å². The highest BCUT2D eigenvalue weighted by Crippen LogP contribution is 2.16. The number of fused-ring (bicyclic) bond motifs is 1. The van der Waals surface area contributed by atoms with Crippen molar-refractivity contribution < 1.29 is 9.68 Å². The van der Waals surface area contributed by atoms with Gasteiger partial charge in [0.1, 0.15) is 0 Å². The highest BCUT2D eigenvalue weighted by atomic mass is 16.5. The second-order valence-corrected chi connectivity index (χ2v) is 3.36. The third-order valence-electron chi connectivity index (χ3n) is 2.39. The summed E-state index contributed by atoms with van der Waals surface area (Å²) in [6.45, 7) is 2.97. The maximum atomic E-state index is 9.46. The molecule has 0 spiro atoms. The molecule has 1 heterocycles. The van der Waals surface area contributed by atoms with E-state index in [2.05, 4.69) is 0 Å². The Morgan fingerprint density at radius 1 is 1.62 bits per heavy atom. The smallest absolute Gasteiger partial charge is 0.423 e. The molecule has 0 aromatic heterocycles. The fraction of sp³-hybridized carbons (Fsp3) is 0.333. The van der Waals surface area contributed by atoms with Crippen LogP contribution in [0.1, 0.15) is 16.7 Å². The molecule has 0 bridgehead atoms. The number of aryl methyl sites for hydroxylation is 1. The standard InChI is InChI=1S/C9H12BNO2/c1-6-2-7(4-11)8-5-13-10(12)9(8)3-6/h2-3,12H,4-5,11H2,1H3. The van der Waals surface area contributed by atoms with E-state index < -0.39 is 7.12 Å². The molecule has 0 fully saturated rings. The Hall–Kier alpha value is -0.835. The van der Waals surface area contributed by atoms with Crippen molar-refractivity contribution in [1.29, 1.82) is 0 Å². The van der Waals surface area contributed by atoms with Crippen molar-refractivity contribution in [2.45, 2.75) is 20.1 Å². The van der Waals surface area contributed by atoms with Gasteiger partial charge in [-0.2, -0.15) is 0 Å². The molecule has 0 atom stereocenters. The molecule has 0 saturated carbocycles. The number of hydrogen-bond acceptors (Lipinski definition) is 3. The van der Waals surface area contributed by atoms with E-state index in [-0.39, 0.29) is 0 Å². The number of rotatable bonds is 1. The Morgan fingerprint density at radius 2 is 2.38 bits per heavy atom. The van der Waals surface area contributed by atoms with Crippen LogP contribution >= 0.6 is 0 Å². The van der Waals surface area contributed by atoms with Crippen LogP contribution < -0.4 is 11.2 Å². The minimum atomic E-state index is -0.764. The van der Waals surface area contributed by atoms with Crippen LogP contribution in [0, 0.1) is 6.92 Å². The van der Waals surface area contributed by atoms with Gasteiger partial charge in [0.05, 0.1) is 6.61 Å². The van der Waals surface area contributed by atoms with Crippen LogP contribution in [0.3, 0.4) is 0 Å². The summed E-state index contributed by atoms with van der Waals surface area (Å²) in [4.78, 5) is 0. The zero-order valence-corrected chi connectivity index (χ0v) is 7.58. The first-order valence-electron chi connectivity index (χ1n) is 4.34. The van der Waals surface area contributed by atoms with E-state index in [1.807, 2.05) is 19.1 Å². The fourth-order valence-electron chi connectivity index (χ4n) is 1.75. The number of benzene rings is 1. The molecule has 0 saturated heterocycles. The van der Waals surface area contributed by atoms with E-state index >= 15 is 0 Å². The molecule has 13 heavy (non-hydrogen) atoms. The summed E-state index contributed by atoms with van der Waals surface area (Å²) in [5.41, 5.74) is 9.72. The van der Waals surface area contributed by atoms with Gasteiger partial charge >= 0.3 is 7.12 Å². The minimum Gasteiger partial charge on any atom is -0.423 e. The molecule has 0 radical (unpaired) electrons. The van der Waals surface area contributed by atoms with Crippen molar-refractivity contribution in [2.75, 3.05) is 0 Å². The third kappa shape index (κ3) is 1.37. The largest absolute Gasteiger partial charge is 0.491 e. The maximum absolute atomic E-state index is 9.46. The molecule has 3 nitrogen and oxygen atoms in total. The Balaban J connectivity index is 2.56. The van der Waals surface area contributed by atoms with Crippen molar-refractivity contribution in [2.24, 2.45) is 5.73 Å². The van der Waals surface area contributed by atoms with E-state index in [0.717, 1.165) is 22.2 Å². The van der Waals surface area contributed by atoms with Gasteiger partial charge in [0, 0.05) is 6.54 Å².